The standard InChI is InChI=1S/C15H15N3O2S/c1-19-13-6-11-12(7-14(13)20-2)18(15(21)17-11)9-10-4-3-5-16-8-10/h3-8H,9H2,1-2H3,(H,17,21). The Kier molecular flexibility index (Phi) is 3.62. The van der Waals surface area contributed by atoms with Crippen LogP contribution in [0.4, 0.5) is 0 Å². The summed E-state index contributed by atoms with van der Waals surface area (Å²) in [5.41, 5.74) is 2.98. The van der Waals surface area contributed by atoms with Crippen LogP contribution >= 0.6 is 12.2 Å². The van der Waals surface area contributed by atoms with Crippen molar-refractivity contribution in [1.29, 1.82) is 0 Å². The average molecular weight is 301 g/mol. The number of benzene rings is 1. The smallest absolute Gasteiger partial charge is 0.178 e. The molecule has 0 aliphatic carbocycles. The van der Waals surface area contributed by atoms with E-state index in [4.69, 9.17) is 21.7 Å². The van der Waals surface area contributed by atoms with E-state index in [-0.39, 0.29) is 0 Å². The van der Waals surface area contributed by atoms with Crippen molar-refractivity contribution in [2.24, 2.45) is 0 Å². The van der Waals surface area contributed by atoms with Crippen LogP contribution in [-0.2, 0) is 6.54 Å². The van der Waals surface area contributed by atoms with E-state index in [2.05, 4.69) is 9.97 Å². The van der Waals surface area contributed by atoms with E-state index >= 15 is 0 Å². The molecule has 108 valence electrons. The minimum atomic E-state index is 0.655. The molecule has 0 aliphatic heterocycles. The highest BCUT2D eigenvalue weighted by molar-refractivity contribution is 7.71. The van der Waals surface area contributed by atoms with Gasteiger partial charge in [0.1, 0.15) is 0 Å². The number of pyridine rings is 1. The van der Waals surface area contributed by atoms with Gasteiger partial charge in [0.2, 0.25) is 0 Å². The molecule has 0 saturated carbocycles. The Balaban J connectivity index is 2.14. The Hall–Kier alpha value is -2.34. The highest BCUT2D eigenvalue weighted by Gasteiger charge is 2.11. The lowest BCUT2D eigenvalue weighted by molar-refractivity contribution is 0.355. The molecule has 1 aromatic carbocycles. The molecule has 3 rings (SSSR count). The van der Waals surface area contributed by atoms with Crippen LogP contribution in [-0.4, -0.2) is 28.8 Å². The molecule has 3 aromatic rings. The van der Waals surface area contributed by atoms with Gasteiger partial charge < -0.3 is 19.0 Å². The molecule has 1 N–H and O–H groups in total. The number of fused-ring (bicyclic) bond motifs is 1. The van der Waals surface area contributed by atoms with Gasteiger partial charge >= 0.3 is 0 Å². The molecule has 6 heteroatoms. The molecule has 0 bridgehead atoms. The van der Waals surface area contributed by atoms with Gasteiger partial charge in [0.15, 0.2) is 16.3 Å². The zero-order valence-corrected chi connectivity index (χ0v) is 12.6. The van der Waals surface area contributed by atoms with Gasteiger partial charge in [-0.1, -0.05) is 6.07 Å². The van der Waals surface area contributed by atoms with Crippen molar-refractivity contribution in [2.45, 2.75) is 6.54 Å². The third-order valence-corrected chi connectivity index (χ3v) is 3.67. The van der Waals surface area contributed by atoms with Crippen molar-refractivity contribution in [1.82, 2.24) is 14.5 Å². The fourth-order valence-electron chi connectivity index (χ4n) is 2.31. The van der Waals surface area contributed by atoms with Gasteiger partial charge in [-0.3, -0.25) is 4.98 Å². The molecule has 2 aromatic heterocycles. The van der Waals surface area contributed by atoms with Gasteiger partial charge in [-0.25, -0.2) is 0 Å². The molecule has 2 heterocycles. The largest absolute Gasteiger partial charge is 0.493 e. The molecule has 21 heavy (non-hydrogen) atoms. The quantitative estimate of drug-likeness (QED) is 0.752. The van der Waals surface area contributed by atoms with E-state index in [9.17, 15) is 0 Å². The number of ether oxygens (including phenoxy) is 2. The summed E-state index contributed by atoms with van der Waals surface area (Å²) in [5.74, 6) is 1.36. The molecule has 0 radical (unpaired) electrons. The van der Waals surface area contributed by atoms with E-state index in [1.807, 2.05) is 35.0 Å². The fraction of sp³-hybridized carbons (Fsp3) is 0.200. The van der Waals surface area contributed by atoms with E-state index in [1.165, 1.54) is 0 Å². The summed E-state index contributed by atoms with van der Waals surface area (Å²) in [4.78, 5) is 7.33. The van der Waals surface area contributed by atoms with Crippen LogP contribution in [0, 0.1) is 4.77 Å². The van der Waals surface area contributed by atoms with Crippen molar-refractivity contribution < 1.29 is 9.47 Å². The molecular formula is C15H15N3O2S. The Labute approximate surface area is 127 Å². The van der Waals surface area contributed by atoms with Crippen molar-refractivity contribution in [3.05, 3.63) is 47.0 Å². The van der Waals surface area contributed by atoms with Crippen LogP contribution in [0.5, 0.6) is 11.5 Å². The molecule has 0 fully saturated rings. The monoisotopic (exact) mass is 301 g/mol. The second kappa shape index (κ2) is 5.57. The zero-order chi connectivity index (χ0) is 14.8. The highest BCUT2D eigenvalue weighted by atomic mass is 32.1. The van der Waals surface area contributed by atoms with Crippen LogP contribution in [0.15, 0.2) is 36.7 Å². The summed E-state index contributed by atoms with van der Waals surface area (Å²) in [7, 11) is 3.24. The van der Waals surface area contributed by atoms with Gasteiger partial charge in [-0.2, -0.15) is 0 Å². The minimum absolute atomic E-state index is 0.655. The van der Waals surface area contributed by atoms with Crippen molar-refractivity contribution in [2.75, 3.05) is 14.2 Å². The second-order valence-corrected chi connectivity index (χ2v) is 4.99. The molecule has 0 spiro atoms. The average Bonchev–Trinajstić information content (AvgIpc) is 2.82. The van der Waals surface area contributed by atoms with Crippen LogP contribution in [0.25, 0.3) is 11.0 Å². The fourth-order valence-corrected chi connectivity index (χ4v) is 2.59. The number of aromatic amines is 1. The highest BCUT2D eigenvalue weighted by Crippen LogP contribution is 2.32. The number of aromatic nitrogens is 3. The normalized spacial score (nSPS) is 10.8. The van der Waals surface area contributed by atoms with Gasteiger partial charge in [0.25, 0.3) is 0 Å². The van der Waals surface area contributed by atoms with E-state index in [1.54, 1.807) is 20.4 Å². The number of hydrogen-bond donors (Lipinski definition) is 1. The van der Waals surface area contributed by atoms with Crippen molar-refractivity contribution in [3.8, 4) is 11.5 Å². The maximum Gasteiger partial charge on any atom is 0.178 e. The molecule has 0 aliphatic rings. The van der Waals surface area contributed by atoms with Gasteiger partial charge in [0, 0.05) is 24.5 Å². The Bertz CT molecular complexity index is 824. The lowest BCUT2D eigenvalue weighted by Gasteiger charge is -2.09. The lowest BCUT2D eigenvalue weighted by Crippen LogP contribution is -2.00. The predicted molar refractivity (Wildman–Crippen MR) is 83.6 cm³/mol. The first-order chi connectivity index (χ1) is 10.2. The first kappa shape index (κ1) is 13.6. The molecule has 5 nitrogen and oxygen atoms in total. The Morgan fingerprint density at radius 3 is 2.67 bits per heavy atom. The van der Waals surface area contributed by atoms with Gasteiger partial charge in [-0.05, 0) is 23.8 Å². The summed E-state index contributed by atoms with van der Waals surface area (Å²) >= 11 is 5.42. The number of H-pyrrole nitrogens is 1. The Morgan fingerprint density at radius 2 is 2.00 bits per heavy atom. The van der Waals surface area contributed by atoms with E-state index < -0.39 is 0 Å². The number of methoxy groups -OCH3 is 2. The topological polar surface area (TPSA) is 52.1 Å². The molecular weight excluding hydrogens is 286 g/mol. The summed E-state index contributed by atoms with van der Waals surface area (Å²) in [6.45, 7) is 0.655. The van der Waals surface area contributed by atoms with Gasteiger partial charge in [-0.15, -0.1) is 0 Å². The molecule has 0 unspecified atom stereocenters. The number of nitrogens with zero attached hydrogens (tertiary/aromatic N) is 2. The summed E-state index contributed by atoms with van der Waals surface area (Å²) in [6, 6.07) is 7.76. The van der Waals surface area contributed by atoms with Crippen LogP contribution < -0.4 is 9.47 Å². The first-order valence-corrected chi connectivity index (χ1v) is 6.87. The molecule has 0 amide bonds. The molecule has 0 atom stereocenters. The van der Waals surface area contributed by atoms with E-state index in [0.717, 1.165) is 16.6 Å². The number of imidazole rings is 1. The van der Waals surface area contributed by atoms with Crippen LogP contribution in [0.3, 0.4) is 0 Å². The van der Waals surface area contributed by atoms with Crippen LogP contribution in [0.2, 0.25) is 0 Å². The number of hydrogen-bond acceptors (Lipinski definition) is 4. The van der Waals surface area contributed by atoms with Crippen LogP contribution in [0.1, 0.15) is 5.56 Å². The maximum absolute atomic E-state index is 5.42. The predicted octanol–water partition coefficient (Wildman–Crippen LogP) is 3.16. The summed E-state index contributed by atoms with van der Waals surface area (Å²) < 4.78 is 13.3. The third-order valence-electron chi connectivity index (χ3n) is 3.34. The Morgan fingerprint density at radius 1 is 1.24 bits per heavy atom. The molecule has 0 saturated heterocycles. The lowest BCUT2D eigenvalue weighted by atomic mass is 10.2. The van der Waals surface area contributed by atoms with Crippen molar-refractivity contribution >= 4 is 23.3 Å². The summed E-state index contributed by atoms with van der Waals surface area (Å²) in [5, 5.41) is 0. The number of nitrogens with one attached hydrogen (secondary N) is 1. The zero-order valence-electron chi connectivity index (χ0n) is 11.8. The second-order valence-electron chi connectivity index (χ2n) is 4.60. The first-order valence-electron chi connectivity index (χ1n) is 6.46. The third kappa shape index (κ3) is 2.50. The summed E-state index contributed by atoms with van der Waals surface area (Å²) in [6.07, 6.45) is 3.59. The maximum atomic E-state index is 5.42. The minimum Gasteiger partial charge on any atom is -0.493 e. The van der Waals surface area contributed by atoms with E-state index in [0.29, 0.717) is 22.8 Å². The van der Waals surface area contributed by atoms with Crippen molar-refractivity contribution in [3.63, 3.8) is 0 Å². The SMILES string of the molecule is COc1cc2[nH]c(=S)n(Cc3cccnc3)c2cc1OC. The van der Waals surface area contributed by atoms with Gasteiger partial charge in [0.05, 0.1) is 31.8 Å². The number of rotatable bonds is 4.